The summed E-state index contributed by atoms with van der Waals surface area (Å²) in [5.74, 6) is -1.16. The molecule has 1 aromatic heterocycles. The van der Waals surface area contributed by atoms with Gasteiger partial charge in [0.1, 0.15) is 11.8 Å². The number of nitrogen functional groups attached to an aromatic ring is 1. The van der Waals surface area contributed by atoms with E-state index in [1.165, 1.54) is 22.9 Å². The number of hydrogen-bond acceptors (Lipinski definition) is 5. The van der Waals surface area contributed by atoms with E-state index in [4.69, 9.17) is 15.7 Å². The molecule has 0 radical (unpaired) electrons. The van der Waals surface area contributed by atoms with Crippen molar-refractivity contribution < 1.29 is 27.4 Å². The second-order valence-corrected chi connectivity index (χ2v) is 4.55. The van der Waals surface area contributed by atoms with E-state index in [1.54, 1.807) is 6.92 Å². The number of nitrogens with zero attached hydrogens (tertiary/aromatic N) is 2. The van der Waals surface area contributed by atoms with Crippen LogP contribution in [0.2, 0.25) is 0 Å². The van der Waals surface area contributed by atoms with Gasteiger partial charge in [0.05, 0.1) is 17.9 Å². The average molecular weight is 339 g/mol. The van der Waals surface area contributed by atoms with Crippen molar-refractivity contribution in [3.63, 3.8) is 0 Å². The van der Waals surface area contributed by atoms with Crippen molar-refractivity contribution in [1.29, 1.82) is 5.26 Å². The van der Waals surface area contributed by atoms with Gasteiger partial charge in [0.15, 0.2) is 5.69 Å². The van der Waals surface area contributed by atoms with Crippen LogP contribution in [0.25, 0.3) is 5.69 Å². The van der Waals surface area contributed by atoms with Gasteiger partial charge in [0.2, 0.25) is 0 Å². The van der Waals surface area contributed by atoms with Crippen LogP contribution in [0.15, 0.2) is 30.5 Å². The summed E-state index contributed by atoms with van der Waals surface area (Å²) >= 11 is 0. The Labute approximate surface area is 134 Å². The van der Waals surface area contributed by atoms with Gasteiger partial charge < -0.3 is 19.8 Å². The highest BCUT2D eigenvalue weighted by atomic mass is 19.4. The van der Waals surface area contributed by atoms with Crippen molar-refractivity contribution >= 4 is 11.7 Å². The predicted molar refractivity (Wildman–Crippen MR) is 77.5 cm³/mol. The van der Waals surface area contributed by atoms with Crippen molar-refractivity contribution in [3.8, 4) is 17.5 Å². The highest BCUT2D eigenvalue weighted by Crippen LogP contribution is 2.27. The fourth-order valence-corrected chi connectivity index (χ4v) is 2.03. The Morgan fingerprint density at radius 3 is 2.46 bits per heavy atom. The van der Waals surface area contributed by atoms with Gasteiger partial charge in [-0.3, -0.25) is 0 Å². The highest BCUT2D eigenvalue weighted by molar-refractivity contribution is 5.96. The molecule has 0 amide bonds. The Kier molecular flexibility index (Phi) is 4.69. The van der Waals surface area contributed by atoms with Gasteiger partial charge in [0.25, 0.3) is 0 Å². The molecule has 2 aromatic rings. The minimum absolute atomic E-state index is 0.0497. The molecule has 0 aliphatic carbocycles. The van der Waals surface area contributed by atoms with Gasteiger partial charge in [0, 0.05) is 11.9 Å². The molecular weight excluding hydrogens is 327 g/mol. The zero-order valence-electron chi connectivity index (χ0n) is 12.4. The average Bonchev–Trinajstić information content (AvgIpc) is 2.83. The van der Waals surface area contributed by atoms with Gasteiger partial charge in [-0.05, 0) is 31.2 Å². The molecule has 1 heterocycles. The topological polar surface area (TPSA) is 90.3 Å². The van der Waals surface area contributed by atoms with Crippen LogP contribution in [-0.2, 0) is 4.74 Å². The number of carbonyl (C=O) groups excluding carboxylic acids is 1. The number of ether oxygens (including phenoxy) is 2. The summed E-state index contributed by atoms with van der Waals surface area (Å²) in [5.41, 5.74) is 6.01. The number of alkyl halides is 3. The molecule has 6 nitrogen and oxygen atoms in total. The van der Waals surface area contributed by atoms with Crippen molar-refractivity contribution in [2.24, 2.45) is 0 Å². The van der Waals surface area contributed by atoms with Gasteiger partial charge in [-0.15, -0.1) is 13.2 Å². The number of anilines is 1. The van der Waals surface area contributed by atoms with E-state index < -0.39 is 18.1 Å². The van der Waals surface area contributed by atoms with E-state index in [0.717, 1.165) is 12.1 Å². The molecule has 0 unspecified atom stereocenters. The number of nitriles is 1. The van der Waals surface area contributed by atoms with Crippen molar-refractivity contribution in [3.05, 3.63) is 41.7 Å². The van der Waals surface area contributed by atoms with Crippen LogP contribution in [0.3, 0.4) is 0 Å². The lowest BCUT2D eigenvalue weighted by molar-refractivity contribution is -0.274. The third kappa shape index (κ3) is 3.60. The molecule has 0 atom stereocenters. The predicted octanol–water partition coefficient (Wildman–Crippen LogP) is 3.01. The summed E-state index contributed by atoms with van der Waals surface area (Å²) in [4.78, 5) is 12.0. The quantitative estimate of drug-likeness (QED) is 0.865. The molecule has 0 saturated carbocycles. The maximum absolute atomic E-state index is 12.2. The first-order chi connectivity index (χ1) is 11.3. The van der Waals surface area contributed by atoms with Crippen LogP contribution in [0.1, 0.15) is 23.0 Å². The Morgan fingerprint density at radius 2 is 1.96 bits per heavy atom. The number of esters is 1. The zero-order chi connectivity index (χ0) is 17.9. The Bertz CT molecular complexity index is 789. The van der Waals surface area contributed by atoms with Crippen molar-refractivity contribution in [2.45, 2.75) is 13.3 Å². The molecule has 2 N–H and O–H groups in total. The molecule has 0 aliphatic rings. The third-order valence-corrected chi connectivity index (χ3v) is 2.98. The van der Waals surface area contributed by atoms with E-state index in [9.17, 15) is 18.0 Å². The maximum atomic E-state index is 12.2. The minimum Gasteiger partial charge on any atom is -0.461 e. The van der Waals surface area contributed by atoms with Crippen LogP contribution < -0.4 is 10.5 Å². The molecular formula is C15H12F3N3O3. The van der Waals surface area contributed by atoms with Crippen LogP contribution >= 0.6 is 0 Å². The number of nitrogens with two attached hydrogens (primary N) is 1. The van der Waals surface area contributed by atoms with E-state index >= 15 is 0 Å². The number of benzene rings is 1. The SMILES string of the molecule is CCOC(=O)c1c(N)c(C#N)cn1-c1ccc(OC(F)(F)F)cc1. The fourth-order valence-electron chi connectivity index (χ4n) is 2.03. The summed E-state index contributed by atoms with van der Waals surface area (Å²) in [7, 11) is 0. The van der Waals surface area contributed by atoms with Crippen LogP contribution in [0, 0.1) is 11.3 Å². The molecule has 126 valence electrons. The lowest BCUT2D eigenvalue weighted by Gasteiger charge is -2.11. The van der Waals surface area contributed by atoms with E-state index in [2.05, 4.69) is 4.74 Å². The summed E-state index contributed by atoms with van der Waals surface area (Å²) in [6.07, 6.45) is -3.50. The first-order valence-corrected chi connectivity index (χ1v) is 6.71. The number of rotatable bonds is 4. The highest BCUT2D eigenvalue weighted by Gasteiger charge is 2.31. The molecule has 9 heteroatoms. The summed E-state index contributed by atoms with van der Waals surface area (Å²) in [5, 5.41) is 9.05. The Balaban J connectivity index is 2.45. The standard InChI is InChI=1S/C15H12F3N3O3/c1-2-23-14(22)13-12(20)9(7-19)8-21(13)10-3-5-11(6-4-10)24-15(16,17)18/h3-6,8H,2,20H2,1H3. The number of halogens is 3. The lowest BCUT2D eigenvalue weighted by atomic mass is 10.2. The van der Waals surface area contributed by atoms with Gasteiger partial charge in [-0.25, -0.2) is 4.79 Å². The largest absolute Gasteiger partial charge is 0.573 e. The van der Waals surface area contributed by atoms with Crippen molar-refractivity contribution in [1.82, 2.24) is 4.57 Å². The first kappa shape index (κ1) is 17.2. The smallest absolute Gasteiger partial charge is 0.461 e. The van der Waals surface area contributed by atoms with Crippen LogP contribution in [-0.4, -0.2) is 23.5 Å². The molecule has 0 aliphatic heterocycles. The van der Waals surface area contributed by atoms with Gasteiger partial charge in [-0.1, -0.05) is 0 Å². The summed E-state index contributed by atoms with van der Waals surface area (Å²) in [6, 6.07) is 6.60. The zero-order valence-corrected chi connectivity index (χ0v) is 12.4. The van der Waals surface area contributed by atoms with Crippen LogP contribution in [0.4, 0.5) is 18.9 Å². The molecule has 24 heavy (non-hydrogen) atoms. The third-order valence-electron chi connectivity index (χ3n) is 2.98. The number of aromatic nitrogens is 1. The van der Waals surface area contributed by atoms with E-state index in [0.29, 0.717) is 5.69 Å². The second kappa shape index (κ2) is 6.54. The molecule has 0 spiro atoms. The molecule has 0 fully saturated rings. The molecule has 0 saturated heterocycles. The van der Waals surface area contributed by atoms with E-state index in [-0.39, 0.29) is 23.6 Å². The summed E-state index contributed by atoms with van der Waals surface area (Å²) in [6.45, 7) is 1.71. The molecule has 0 bridgehead atoms. The maximum Gasteiger partial charge on any atom is 0.573 e. The Morgan fingerprint density at radius 1 is 1.33 bits per heavy atom. The second-order valence-electron chi connectivity index (χ2n) is 4.55. The molecule has 2 rings (SSSR count). The minimum atomic E-state index is -4.80. The Hall–Kier alpha value is -3.15. The monoisotopic (exact) mass is 339 g/mol. The number of hydrogen-bond donors (Lipinski definition) is 1. The van der Waals surface area contributed by atoms with E-state index in [1.807, 2.05) is 6.07 Å². The normalized spacial score (nSPS) is 11.0. The van der Waals surface area contributed by atoms with Crippen molar-refractivity contribution in [2.75, 3.05) is 12.3 Å². The fraction of sp³-hybridized carbons (Fsp3) is 0.200. The van der Waals surface area contributed by atoms with Gasteiger partial charge >= 0.3 is 12.3 Å². The number of carbonyl (C=O) groups is 1. The van der Waals surface area contributed by atoms with Crippen LogP contribution in [0.5, 0.6) is 5.75 Å². The first-order valence-electron chi connectivity index (χ1n) is 6.71. The van der Waals surface area contributed by atoms with Gasteiger partial charge in [-0.2, -0.15) is 5.26 Å². The summed E-state index contributed by atoms with van der Waals surface area (Å²) < 4.78 is 46.5. The lowest BCUT2D eigenvalue weighted by Crippen LogP contribution is -2.17. The molecule has 1 aromatic carbocycles.